The summed E-state index contributed by atoms with van der Waals surface area (Å²) in [6, 6.07) is 14.3. The Morgan fingerprint density at radius 2 is 1.90 bits per heavy atom. The molecule has 1 aromatic heterocycles. The number of benzene rings is 3. The zero-order valence-electron chi connectivity index (χ0n) is 23.6. The first-order valence-electron chi connectivity index (χ1n) is 13.6. The van der Waals surface area contributed by atoms with Gasteiger partial charge in [0.05, 0.1) is 23.5 Å². The van der Waals surface area contributed by atoms with Gasteiger partial charge in [-0.3, -0.25) is 14.2 Å². The minimum absolute atomic E-state index is 0.0602. The normalized spacial score (nSPS) is 15.2. The smallest absolute Gasteiger partial charge is 0.274 e. The van der Waals surface area contributed by atoms with Crippen LogP contribution in [0.25, 0.3) is 32.6 Å². The standard InChI is InChI=1S/C33H30ClFN4O3/c1-6-30(41)37-13-14-38(20(4)18-37)32-25-16-26(34)23(24-15-21(40)11-12-27(24)35)17-29(25)39(33(42)31(32)36-5)28-10-8-7-9-22(28)19(2)3/h6-12,15-17,19-20,40H,1,13-14,18H2,2-4H3/t20-/m0/s1. The average molecular weight is 585 g/mol. The number of anilines is 1. The van der Waals surface area contributed by atoms with E-state index in [0.717, 1.165) is 11.6 Å². The fourth-order valence-corrected chi connectivity index (χ4v) is 6.00. The molecule has 1 amide bonds. The van der Waals surface area contributed by atoms with E-state index >= 15 is 4.39 Å². The maximum atomic E-state index is 15.1. The van der Waals surface area contributed by atoms with Gasteiger partial charge in [-0.1, -0.05) is 50.2 Å². The topological polar surface area (TPSA) is 70.1 Å². The summed E-state index contributed by atoms with van der Waals surface area (Å²) in [6.45, 7) is 18.8. The van der Waals surface area contributed by atoms with Crippen molar-refractivity contribution >= 4 is 39.8 Å². The minimum atomic E-state index is -0.583. The van der Waals surface area contributed by atoms with Crippen molar-refractivity contribution in [2.24, 2.45) is 0 Å². The number of aromatic hydroxyl groups is 1. The molecule has 1 aliphatic heterocycles. The summed E-state index contributed by atoms with van der Waals surface area (Å²) in [6.07, 6.45) is 1.28. The fraction of sp³-hybridized carbons (Fsp3) is 0.242. The van der Waals surface area contributed by atoms with E-state index in [4.69, 9.17) is 18.2 Å². The number of piperazine rings is 1. The van der Waals surface area contributed by atoms with Crippen LogP contribution in [0.3, 0.4) is 0 Å². The van der Waals surface area contributed by atoms with Crippen molar-refractivity contribution < 1.29 is 14.3 Å². The number of carbonyl (C=O) groups is 1. The Labute approximate surface area is 248 Å². The van der Waals surface area contributed by atoms with Crippen molar-refractivity contribution in [2.75, 3.05) is 24.5 Å². The van der Waals surface area contributed by atoms with E-state index in [9.17, 15) is 14.7 Å². The predicted molar refractivity (Wildman–Crippen MR) is 166 cm³/mol. The molecule has 5 rings (SSSR count). The second-order valence-corrected chi connectivity index (χ2v) is 11.1. The molecule has 3 aromatic carbocycles. The molecule has 1 N–H and O–H groups in total. The molecule has 42 heavy (non-hydrogen) atoms. The predicted octanol–water partition coefficient (Wildman–Crippen LogP) is 7.05. The number of fused-ring (bicyclic) bond motifs is 1. The van der Waals surface area contributed by atoms with E-state index in [0.29, 0.717) is 47.5 Å². The van der Waals surface area contributed by atoms with E-state index in [2.05, 4.69) is 11.4 Å². The number of amides is 1. The Morgan fingerprint density at radius 3 is 2.57 bits per heavy atom. The van der Waals surface area contributed by atoms with Gasteiger partial charge in [-0.05, 0) is 60.9 Å². The number of aromatic nitrogens is 1. The largest absolute Gasteiger partial charge is 0.508 e. The number of phenols is 1. The van der Waals surface area contributed by atoms with Crippen LogP contribution in [-0.2, 0) is 4.79 Å². The van der Waals surface area contributed by atoms with Crippen LogP contribution in [0.15, 0.2) is 72.0 Å². The van der Waals surface area contributed by atoms with Gasteiger partial charge in [0.25, 0.3) is 11.2 Å². The van der Waals surface area contributed by atoms with E-state index in [1.54, 1.807) is 17.0 Å². The molecule has 9 heteroatoms. The third-order valence-electron chi connectivity index (χ3n) is 7.76. The second-order valence-electron chi connectivity index (χ2n) is 10.7. The maximum Gasteiger partial charge on any atom is 0.274 e. The summed E-state index contributed by atoms with van der Waals surface area (Å²) in [4.78, 5) is 34.0. The molecular weight excluding hydrogens is 555 g/mol. The number of carbonyl (C=O) groups excluding carboxylic acids is 1. The van der Waals surface area contributed by atoms with Gasteiger partial charge >= 0.3 is 0 Å². The Morgan fingerprint density at radius 1 is 1.17 bits per heavy atom. The zero-order chi connectivity index (χ0) is 30.3. The number of para-hydroxylation sites is 1. The summed E-state index contributed by atoms with van der Waals surface area (Å²) in [7, 11) is 0. The van der Waals surface area contributed by atoms with Gasteiger partial charge in [0.2, 0.25) is 5.91 Å². The Balaban J connectivity index is 1.88. The Hall–Kier alpha value is -4.61. The van der Waals surface area contributed by atoms with Crippen LogP contribution in [-0.4, -0.2) is 46.2 Å². The van der Waals surface area contributed by atoms with E-state index in [1.807, 2.05) is 49.9 Å². The highest BCUT2D eigenvalue weighted by Gasteiger charge is 2.31. The summed E-state index contributed by atoms with van der Waals surface area (Å²) in [5.74, 6) is -0.835. The zero-order valence-corrected chi connectivity index (χ0v) is 24.3. The molecule has 4 aromatic rings. The molecule has 2 heterocycles. The highest BCUT2D eigenvalue weighted by Crippen LogP contribution is 2.43. The fourth-order valence-electron chi connectivity index (χ4n) is 5.74. The molecule has 0 spiro atoms. The van der Waals surface area contributed by atoms with Crippen LogP contribution >= 0.6 is 11.6 Å². The van der Waals surface area contributed by atoms with Crippen molar-refractivity contribution in [1.82, 2.24) is 9.47 Å². The SMILES string of the molecule is [C-]#[N+]c1c(N2CCN(C(=O)C=C)C[C@@H]2C)c2cc(Cl)c(-c3cc(O)ccc3F)cc2n(-c2ccccc2C(C)C)c1=O. The van der Waals surface area contributed by atoms with Gasteiger partial charge in [0, 0.05) is 47.2 Å². The lowest BCUT2D eigenvalue weighted by atomic mass is 9.98. The van der Waals surface area contributed by atoms with Gasteiger partial charge in [0.1, 0.15) is 11.6 Å². The Kier molecular flexibility index (Phi) is 7.81. The first kappa shape index (κ1) is 28.9. The van der Waals surface area contributed by atoms with Crippen LogP contribution in [0, 0.1) is 12.4 Å². The van der Waals surface area contributed by atoms with Crippen LogP contribution in [0.1, 0.15) is 32.3 Å². The summed E-state index contributed by atoms with van der Waals surface area (Å²) < 4.78 is 16.6. The van der Waals surface area contributed by atoms with Crippen molar-refractivity contribution in [3.63, 3.8) is 0 Å². The van der Waals surface area contributed by atoms with Crippen LogP contribution < -0.4 is 10.5 Å². The first-order valence-corrected chi connectivity index (χ1v) is 14.0. The molecule has 0 saturated carbocycles. The number of phenolic OH excluding ortho intramolecular Hbond substituents is 1. The number of halogens is 2. The summed E-state index contributed by atoms with van der Waals surface area (Å²) >= 11 is 6.81. The quantitative estimate of drug-likeness (QED) is 0.201. The molecule has 1 aliphatic rings. The summed E-state index contributed by atoms with van der Waals surface area (Å²) in [5.41, 5.74) is 2.17. The summed E-state index contributed by atoms with van der Waals surface area (Å²) in [5, 5.41) is 10.9. The molecule has 0 aliphatic carbocycles. The molecule has 1 fully saturated rings. The van der Waals surface area contributed by atoms with Gasteiger partial charge in [0.15, 0.2) is 0 Å². The molecule has 1 atom stereocenters. The average Bonchev–Trinajstić information content (AvgIpc) is 2.97. The van der Waals surface area contributed by atoms with Crippen LogP contribution in [0.4, 0.5) is 15.8 Å². The number of pyridine rings is 1. The lowest BCUT2D eigenvalue weighted by Gasteiger charge is -2.42. The Bertz CT molecular complexity index is 1840. The van der Waals surface area contributed by atoms with Crippen molar-refractivity contribution in [3.05, 3.63) is 105 Å². The monoisotopic (exact) mass is 584 g/mol. The van der Waals surface area contributed by atoms with E-state index in [-0.39, 0.29) is 39.9 Å². The van der Waals surface area contributed by atoms with Crippen molar-refractivity contribution in [1.29, 1.82) is 0 Å². The van der Waals surface area contributed by atoms with E-state index < -0.39 is 11.4 Å². The van der Waals surface area contributed by atoms with Crippen LogP contribution in [0.5, 0.6) is 5.75 Å². The number of nitrogens with zero attached hydrogens (tertiary/aromatic N) is 4. The van der Waals surface area contributed by atoms with Gasteiger partial charge < -0.3 is 14.9 Å². The molecule has 0 bridgehead atoms. The molecule has 214 valence electrons. The van der Waals surface area contributed by atoms with Crippen LogP contribution in [0.2, 0.25) is 5.02 Å². The number of hydrogen-bond donors (Lipinski definition) is 1. The lowest BCUT2D eigenvalue weighted by molar-refractivity contribution is -0.126. The van der Waals surface area contributed by atoms with Gasteiger partial charge in [-0.15, -0.1) is 0 Å². The first-order chi connectivity index (χ1) is 20.1. The molecule has 1 saturated heterocycles. The second kappa shape index (κ2) is 11.3. The molecule has 7 nitrogen and oxygen atoms in total. The third kappa shape index (κ3) is 4.90. The molecule has 0 unspecified atom stereocenters. The number of rotatable bonds is 5. The highest BCUT2D eigenvalue weighted by molar-refractivity contribution is 6.34. The van der Waals surface area contributed by atoms with Crippen molar-refractivity contribution in [3.8, 4) is 22.6 Å². The minimum Gasteiger partial charge on any atom is -0.508 e. The lowest BCUT2D eigenvalue weighted by Crippen LogP contribution is -2.53. The third-order valence-corrected chi connectivity index (χ3v) is 8.08. The van der Waals surface area contributed by atoms with Crippen molar-refractivity contribution in [2.45, 2.75) is 32.7 Å². The van der Waals surface area contributed by atoms with Gasteiger partial charge in [-0.2, -0.15) is 0 Å². The van der Waals surface area contributed by atoms with Gasteiger partial charge in [-0.25, -0.2) is 9.24 Å². The molecular formula is C33H30ClFN4O3. The molecule has 0 radical (unpaired) electrons. The number of hydrogen-bond acceptors (Lipinski definition) is 4. The van der Waals surface area contributed by atoms with E-state index in [1.165, 1.54) is 22.8 Å². The highest BCUT2D eigenvalue weighted by atomic mass is 35.5. The maximum absolute atomic E-state index is 15.1.